The predicted octanol–water partition coefficient (Wildman–Crippen LogP) is 0.136. The van der Waals surface area contributed by atoms with Crippen molar-refractivity contribution < 1.29 is 8.42 Å². The summed E-state index contributed by atoms with van der Waals surface area (Å²) in [5.74, 6) is 0. The number of rotatable bonds is 2. The van der Waals surface area contributed by atoms with Crippen LogP contribution in [0.2, 0.25) is 0 Å². The van der Waals surface area contributed by atoms with Crippen LogP contribution in [0.25, 0.3) is 0 Å². The van der Waals surface area contributed by atoms with Crippen molar-refractivity contribution in [2.75, 3.05) is 33.2 Å². The van der Waals surface area contributed by atoms with Gasteiger partial charge in [0.15, 0.2) is 5.03 Å². The van der Waals surface area contributed by atoms with E-state index in [1.807, 2.05) is 0 Å². The molecule has 0 bridgehead atoms. The summed E-state index contributed by atoms with van der Waals surface area (Å²) < 4.78 is 28.1. The van der Waals surface area contributed by atoms with Crippen molar-refractivity contribution >= 4 is 10.0 Å². The SMILES string of the molecule is CN1CCC2(CCN(S(=O)(=O)c3ccn(C)n3)C2)C1. The number of hydrogen-bond donors (Lipinski definition) is 0. The lowest BCUT2D eigenvalue weighted by Crippen LogP contribution is -2.33. The van der Waals surface area contributed by atoms with Crippen LogP contribution in [0.3, 0.4) is 0 Å². The topological polar surface area (TPSA) is 58.4 Å². The van der Waals surface area contributed by atoms with Crippen molar-refractivity contribution in [3.05, 3.63) is 12.3 Å². The summed E-state index contributed by atoms with van der Waals surface area (Å²) in [4.78, 5) is 2.29. The van der Waals surface area contributed by atoms with E-state index in [0.29, 0.717) is 13.1 Å². The van der Waals surface area contributed by atoms with Crippen molar-refractivity contribution in [3.8, 4) is 0 Å². The maximum Gasteiger partial charge on any atom is 0.262 e. The number of likely N-dealkylation sites (tertiary alicyclic amines) is 1. The van der Waals surface area contributed by atoms with Crippen molar-refractivity contribution in [3.63, 3.8) is 0 Å². The van der Waals surface area contributed by atoms with Gasteiger partial charge in [0.25, 0.3) is 10.0 Å². The van der Waals surface area contributed by atoms with Crippen LogP contribution in [0.1, 0.15) is 12.8 Å². The van der Waals surface area contributed by atoms with E-state index in [1.165, 1.54) is 4.68 Å². The summed E-state index contributed by atoms with van der Waals surface area (Å²) in [7, 11) is 0.418. The molecule has 0 aliphatic carbocycles. The van der Waals surface area contributed by atoms with Crippen molar-refractivity contribution in [1.82, 2.24) is 19.0 Å². The molecule has 6 nitrogen and oxygen atoms in total. The zero-order valence-corrected chi connectivity index (χ0v) is 12.2. The molecular weight excluding hydrogens is 264 g/mol. The minimum Gasteiger partial charge on any atom is -0.306 e. The first-order valence-corrected chi connectivity index (χ1v) is 8.04. The molecule has 1 atom stereocenters. The van der Waals surface area contributed by atoms with E-state index >= 15 is 0 Å². The fourth-order valence-electron chi connectivity index (χ4n) is 3.25. The third-order valence-corrected chi connectivity index (χ3v) is 6.06. The summed E-state index contributed by atoms with van der Waals surface area (Å²) in [6.07, 6.45) is 3.73. The van der Waals surface area contributed by atoms with E-state index in [0.717, 1.165) is 25.9 Å². The first-order valence-electron chi connectivity index (χ1n) is 6.60. The first kappa shape index (κ1) is 13.1. The molecule has 1 unspecified atom stereocenters. The zero-order chi connectivity index (χ0) is 13.7. The van der Waals surface area contributed by atoms with Gasteiger partial charge in [-0.05, 0) is 37.9 Å². The summed E-state index contributed by atoms with van der Waals surface area (Å²) in [6.45, 7) is 3.32. The molecule has 0 saturated carbocycles. The third-order valence-electron chi connectivity index (χ3n) is 4.33. The van der Waals surface area contributed by atoms with Gasteiger partial charge in [-0.15, -0.1) is 0 Å². The van der Waals surface area contributed by atoms with Gasteiger partial charge in [0.1, 0.15) is 0 Å². The number of aryl methyl sites for hydroxylation is 1. The van der Waals surface area contributed by atoms with Gasteiger partial charge in [-0.25, -0.2) is 8.42 Å². The maximum atomic E-state index is 12.5. The van der Waals surface area contributed by atoms with E-state index in [9.17, 15) is 8.42 Å². The molecule has 0 amide bonds. The molecule has 1 spiro atoms. The molecular formula is C12H20N4O2S. The van der Waals surface area contributed by atoms with Crippen molar-refractivity contribution in [1.29, 1.82) is 0 Å². The second kappa shape index (κ2) is 4.29. The molecule has 0 N–H and O–H groups in total. The Kier molecular flexibility index (Phi) is 2.95. The lowest BCUT2D eigenvalue weighted by Gasteiger charge is -2.23. The summed E-state index contributed by atoms with van der Waals surface area (Å²) in [6, 6.07) is 1.57. The number of hydrogen-bond acceptors (Lipinski definition) is 4. The fraction of sp³-hybridized carbons (Fsp3) is 0.750. The van der Waals surface area contributed by atoms with Crippen LogP contribution in [0.4, 0.5) is 0 Å². The Bertz CT molecular complexity index is 582. The Morgan fingerprint density at radius 3 is 2.53 bits per heavy atom. The molecule has 19 heavy (non-hydrogen) atoms. The van der Waals surface area contributed by atoms with E-state index in [4.69, 9.17) is 0 Å². The Labute approximate surface area is 114 Å². The highest BCUT2D eigenvalue weighted by atomic mass is 32.2. The van der Waals surface area contributed by atoms with Gasteiger partial charge in [-0.3, -0.25) is 4.68 Å². The van der Waals surface area contributed by atoms with Crippen LogP contribution < -0.4 is 0 Å². The summed E-state index contributed by atoms with van der Waals surface area (Å²) >= 11 is 0. The standard InChI is InChI=1S/C12H20N4O2S/c1-14-7-4-12(9-14)5-8-16(10-12)19(17,18)11-3-6-15(2)13-11/h3,6H,4-5,7-10H2,1-2H3. The van der Waals surface area contributed by atoms with Crippen LogP contribution in [0.5, 0.6) is 0 Å². The largest absolute Gasteiger partial charge is 0.306 e. The summed E-state index contributed by atoms with van der Waals surface area (Å²) in [5, 5.41) is 4.20. The van der Waals surface area contributed by atoms with Gasteiger partial charge >= 0.3 is 0 Å². The van der Waals surface area contributed by atoms with Gasteiger partial charge in [0.05, 0.1) is 0 Å². The maximum absolute atomic E-state index is 12.5. The van der Waals surface area contributed by atoms with Crippen LogP contribution in [-0.4, -0.2) is 60.6 Å². The molecule has 2 aliphatic heterocycles. The highest BCUT2D eigenvalue weighted by molar-refractivity contribution is 7.89. The second-order valence-electron chi connectivity index (χ2n) is 5.90. The van der Waals surface area contributed by atoms with Gasteiger partial charge in [-0.2, -0.15) is 9.40 Å². The van der Waals surface area contributed by atoms with Gasteiger partial charge < -0.3 is 4.90 Å². The lowest BCUT2D eigenvalue weighted by molar-refractivity contribution is 0.294. The molecule has 7 heteroatoms. The minimum atomic E-state index is -3.42. The molecule has 2 fully saturated rings. The van der Waals surface area contributed by atoms with Gasteiger partial charge in [-0.1, -0.05) is 0 Å². The Balaban J connectivity index is 1.81. The zero-order valence-electron chi connectivity index (χ0n) is 11.4. The normalized spacial score (nSPS) is 29.6. The first-order chi connectivity index (χ1) is 8.91. The van der Waals surface area contributed by atoms with E-state index in [1.54, 1.807) is 23.6 Å². The van der Waals surface area contributed by atoms with Crippen LogP contribution in [-0.2, 0) is 17.1 Å². The van der Waals surface area contributed by atoms with Gasteiger partial charge in [0, 0.05) is 32.9 Å². The highest BCUT2D eigenvalue weighted by Crippen LogP contribution is 2.40. The molecule has 1 aromatic heterocycles. The van der Waals surface area contributed by atoms with E-state index in [2.05, 4.69) is 17.0 Å². The second-order valence-corrected chi connectivity index (χ2v) is 7.79. The monoisotopic (exact) mass is 284 g/mol. The molecule has 0 aromatic carbocycles. The molecule has 0 radical (unpaired) electrons. The van der Waals surface area contributed by atoms with E-state index in [-0.39, 0.29) is 10.4 Å². The molecule has 3 heterocycles. The minimum absolute atomic E-state index is 0.163. The molecule has 2 saturated heterocycles. The molecule has 1 aromatic rings. The fourth-order valence-corrected chi connectivity index (χ4v) is 4.76. The van der Waals surface area contributed by atoms with Crippen LogP contribution >= 0.6 is 0 Å². The number of aromatic nitrogens is 2. The average molecular weight is 284 g/mol. The van der Waals surface area contributed by atoms with Gasteiger partial charge in [0.2, 0.25) is 0 Å². The lowest BCUT2D eigenvalue weighted by atomic mass is 9.87. The van der Waals surface area contributed by atoms with Crippen molar-refractivity contribution in [2.24, 2.45) is 12.5 Å². The molecule has 2 aliphatic rings. The summed E-state index contributed by atoms with van der Waals surface area (Å²) in [5.41, 5.74) is 0.163. The van der Waals surface area contributed by atoms with Crippen LogP contribution in [0.15, 0.2) is 17.3 Å². The highest BCUT2D eigenvalue weighted by Gasteiger charge is 2.46. The smallest absolute Gasteiger partial charge is 0.262 e. The number of sulfonamides is 1. The quantitative estimate of drug-likeness (QED) is 0.775. The Hall–Kier alpha value is -0.920. The average Bonchev–Trinajstić information content (AvgIpc) is 3.02. The Morgan fingerprint density at radius 1 is 1.21 bits per heavy atom. The third kappa shape index (κ3) is 2.19. The molecule has 3 rings (SSSR count). The number of nitrogens with zero attached hydrogens (tertiary/aromatic N) is 4. The van der Waals surface area contributed by atoms with E-state index < -0.39 is 10.0 Å². The Morgan fingerprint density at radius 2 is 1.95 bits per heavy atom. The van der Waals surface area contributed by atoms with Crippen LogP contribution in [0, 0.1) is 5.41 Å². The van der Waals surface area contributed by atoms with Crippen molar-refractivity contribution in [2.45, 2.75) is 17.9 Å². The predicted molar refractivity (Wildman–Crippen MR) is 71.1 cm³/mol. The molecule has 106 valence electrons.